The highest BCUT2D eigenvalue weighted by atomic mass is 16.4. The molecule has 5 rings (SSSR count). The zero-order valence-electron chi connectivity index (χ0n) is 23.5. The molecule has 2 aromatic carbocycles. The van der Waals surface area contributed by atoms with Crippen molar-refractivity contribution in [2.24, 2.45) is 5.92 Å². The summed E-state index contributed by atoms with van der Waals surface area (Å²) in [6.07, 6.45) is 4.73. The maximum Gasteiger partial charge on any atom is 0.303 e. The third-order valence-corrected chi connectivity index (χ3v) is 7.76. The summed E-state index contributed by atoms with van der Waals surface area (Å²) in [5.41, 5.74) is 5.73. The summed E-state index contributed by atoms with van der Waals surface area (Å²) in [4.78, 5) is 25.9. The molecule has 0 spiro atoms. The highest BCUT2D eigenvalue weighted by Crippen LogP contribution is 2.29. The maximum absolute atomic E-state index is 12.0. The number of nitrogens with zero attached hydrogens (tertiary/aromatic N) is 4. The average Bonchev–Trinajstić information content (AvgIpc) is 2.99. The first kappa shape index (κ1) is 28.6. The van der Waals surface area contributed by atoms with Gasteiger partial charge in [-0.3, -0.25) is 24.6 Å². The summed E-state index contributed by atoms with van der Waals surface area (Å²) in [6.45, 7) is 5.44. The molecule has 212 valence electrons. The van der Waals surface area contributed by atoms with E-state index in [0.717, 1.165) is 57.1 Å². The number of rotatable bonds is 13. The number of benzene rings is 2. The molecule has 2 N–H and O–H groups in total. The number of carboxylic acid groups (broad SMARTS) is 1. The predicted octanol–water partition coefficient (Wildman–Crippen LogP) is 5.13. The lowest BCUT2D eigenvalue weighted by molar-refractivity contribution is -0.139. The van der Waals surface area contributed by atoms with E-state index in [0.29, 0.717) is 6.54 Å². The molecule has 1 aliphatic rings. The molecule has 1 saturated heterocycles. The van der Waals surface area contributed by atoms with Gasteiger partial charge in [-0.05, 0) is 59.8 Å². The second-order valence-corrected chi connectivity index (χ2v) is 10.9. The van der Waals surface area contributed by atoms with Crippen LogP contribution in [0.5, 0.6) is 0 Å². The third kappa shape index (κ3) is 8.79. The SMILES string of the molecule is O=C(O)CC1CN(Cc2ccccc2)CCC1N(Cc1cccc(CNCc2ccccn2)c1)Cc1ccccn1. The molecule has 7 nitrogen and oxygen atoms in total. The Bertz CT molecular complexity index is 1350. The smallest absolute Gasteiger partial charge is 0.303 e. The second-order valence-electron chi connectivity index (χ2n) is 10.9. The minimum Gasteiger partial charge on any atom is -0.481 e. The van der Waals surface area contributed by atoms with E-state index in [4.69, 9.17) is 0 Å². The Morgan fingerprint density at radius 1 is 0.829 bits per heavy atom. The Balaban J connectivity index is 1.31. The average molecular weight is 550 g/mol. The van der Waals surface area contributed by atoms with Crippen LogP contribution in [0.2, 0.25) is 0 Å². The Morgan fingerprint density at radius 3 is 2.27 bits per heavy atom. The van der Waals surface area contributed by atoms with Crippen LogP contribution in [-0.4, -0.2) is 50.0 Å². The summed E-state index contributed by atoms with van der Waals surface area (Å²) in [7, 11) is 0. The van der Waals surface area contributed by atoms with Gasteiger partial charge in [0.25, 0.3) is 0 Å². The lowest BCUT2D eigenvalue weighted by Gasteiger charge is -2.43. The van der Waals surface area contributed by atoms with Gasteiger partial charge < -0.3 is 10.4 Å². The molecule has 3 heterocycles. The number of aliphatic carboxylic acids is 1. The van der Waals surface area contributed by atoms with Crippen LogP contribution in [-0.2, 0) is 37.5 Å². The Hall–Kier alpha value is -3.91. The number of likely N-dealkylation sites (tertiary alicyclic amines) is 1. The zero-order valence-corrected chi connectivity index (χ0v) is 23.5. The van der Waals surface area contributed by atoms with E-state index in [2.05, 4.69) is 79.7 Å². The van der Waals surface area contributed by atoms with Crippen molar-refractivity contribution in [1.29, 1.82) is 0 Å². The van der Waals surface area contributed by atoms with Crippen LogP contribution in [0.1, 0.15) is 40.9 Å². The summed E-state index contributed by atoms with van der Waals surface area (Å²) >= 11 is 0. The minimum atomic E-state index is -0.736. The third-order valence-electron chi connectivity index (χ3n) is 7.76. The van der Waals surface area contributed by atoms with Crippen molar-refractivity contribution in [2.45, 2.75) is 51.6 Å². The van der Waals surface area contributed by atoms with Crippen molar-refractivity contribution in [1.82, 2.24) is 25.1 Å². The van der Waals surface area contributed by atoms with E-state index in [-0.39, 0.29) is 18.4 Å². The van der Waals surface area contributed by atoms with Crippen molar-refractivity contribution in [3.8, 4) is 0 Å². The number of piperidine rings is 1. The van der Waals surface area contributed by atoms with E-state index in [9.17, 15) is 9.90 Å². The predicted molar refractivity (Wildman–Crippen MR) is 161 cm³/mol. The van der Waals surface area contributed by atoms with E-state index < -0.39 is 5.97 Å². The molecule has 7 heteroatoms. The highest BCUT2D eigenvalue weighted by molar-refractivity contribution is 5.67. The number of carbonyl (C=O) groups is 1. The fraction of sp³-hybridized carbons (Fsp3) is 0.324. The van der Waals surface area contributed by atoms with E-state index >= 15 is 0 Å². The molecule has 0 radical (unpaired) electrons. The number of nitrogens with one attached hydrogen (secondary N) is 1. The molecule has 4 aromatic rings. The van der Waals surface area contributed by atoms with Crippen molar-refractivity contribution in [2.75, 3.05) is 13.1 Å². The highest BCUT2D eigenvalue weighted by Gasteiger charge is 2.35. The molecular weight excluding hydrogens is 510 g/mol. The van der Waals surface area contributed by atoms with Crippen LogP contribution >= 0.6 is 0 Å². The van der Waals surface area contributed by atoms with Gasteiger partial charge >= 0.3 is 5.97 Å². The largest absolute Gasteiger partial charge is 0.481 e. The Morgan fingerprint density at radius 2 is 1.54 bits per heavy atom. The van der Waals surface area contributed by atoms with Crippen LogP contribution in [0.4, 0.5) is 0 Å². The number of hydrogen-bond acceptors (Lipinski definition) is 6. The molecule has 1 aliphatic heterocycles. The van der Waals surface area contributed by atoms with Crippen molar-refractivity contribution in [3.05, 3.63) is 131 Å². The quantitative estimate of drug-likeness (QED) is 0.239. The van der Waals surface area contributed by atoms with Gasteiger partial charge in [-0.25, -0.2) is 0 Å². The van der Waals surface area contributed by atoms with Gasteiger partial charge in [-0.15, -0.1) is 0 Å². The number of hydrogen-bond donors (Lipinski definition) is 2. The molecule has 0 saturated carbocycles. The second kappa shape index (κ2) is 14.6. The lowest BCUT2D eigenvalue weighted by atomic mass is 9.87. The number of aromatic nitrogens is 2. The minimum absolute atomic E-state index is 0.0249. The van der Waals surface area contributed by atoms with Gasteiger partial charge in [0.2, 0.25) is 0 Å². The number of carboxylic acids is 1. The van der Waals surface area contributed by atoms with E-state index in [1.807, 2.05) is 48.8 Å². The first-order valence-electron chi connectivity index (χ1n) is 14.4. The lowest BCUT2D eigenvalue weighted by Crippen LogP contribution is -2.51. The summed E-state index contributed by atoms with van der Waals surface area (Å²) in [5.74, 6) is -0.711. The number of pyridine rings is 2. The van der Waals surface area contributed by atoms with Crippen LogP contribution in [0.3, 0.4) is 0 Å². The molecule has 1 fully saturated rings. The maximum atomic E-state index is 12.0. The molecule has 41 heavy (non-hydrogen) atoms. The topological polar surface area (TPSA) is 81.6 Å². The first-order valence-corrected chi connectivity index (χ1v) is 14.4. The Labute approximate surface area is 242 Å². The summed E-state index contributed by atoms with van der Waals surface area (Å²) in [6, 6.07) is 31.2. The summed E-state index contributed by atoms with van der Waals surface area (Å²) in [5, 5.41) is 13.4. The van der Waals surface area contributed by atoms with Gasteiger partial charge in [-0.2, -0.15) is 0 Å². The molecule has 2 atom stereocenters. The normalized spacial score (nSPS) is 17.5. The summed E-state index contributed by atoms with van der Waals surface area (Å²) < 4.78 is 0. The molecule has 0 aliphatic carbocycles. The Kier molecular flexibility index (Phi) is 10.2. The fourth-order valence-electron chi connectivity index (χ4n) is 5.89. The standard InChI is InChI=1S/C34H39N5O2/c40-34(41)20-30-25-38(23-27-9-2-1-3-10-27)18-15-33(30)39(26-32-14-5-7-17-37-32)24-29-12-8-11-28(19-29)21-35-22-31-13-4-6-16-36-31/h1-14,16-17,19,30,33,35H,15,18,20-26H2,(H,40,41). The van der Waals surface area contributed by atoms with E-state index in [1.165, 1.54) is 16.7 Å². The fourth-order valence-corrected chi connectivity index (χ4v) is 5.89. The van der Waals surface area contributed by atoms with Gasteiger partial charge in [0, 0.05) is 57.7 Å². The molecular formula is C34H39N5O2. The molecule has 2 aromatic heterocycles. The van der Waals surface area contributed by atoms with Crippen LogP contribution < -0.4 is 5.32 Å². The van der Waals surface area contributed by atoms with Crippen LogP contribution in [0.15, 0.2) is 103 Å². The molecule has 0 bridgehead atoms. The first-order chi connectivity index (χ1) is 20.1. The monoisotopic (exact) mass is 549 g/mol. The van der Waals surface area contributed by atoms with Gasteiger partial charge in [0.1, 0.15) is 0 Å². The zero-order chi connectivity index (χ0) is 28.3. The van der Waals surface area contributed by atoms with Crippen molar-refractivity contribution < 1.29 is 9.90 Å². The van der Waals surface area contributed by atoms with Crippen LogP contribution in [0, 0.1) is 5.92 Å². The van der Waals surface area contributed by atoms with Gasteiger partial charge in [0.15, 0.2) is 0 Å². The van der Waals surface area contributed by atoms with E-state index in [1.54, 1.807) is 0 Å². The van der Waals surface area contributed by atoms with Crippen molar-refractivity contribution >= 4 is 5.97 Å². The van der Waals surface area contributed by atoms with Crippen molar-refractivity contribution in [3.63, 3.8) is 0 Å². The molecule has 0 amide bonds. The van der Waals surface area contributed by atoms with Gasteiger partial charge in [-0.1, -0.05) is 66.7 Å². The van der Waals surface area contributed by atoms with Crippen LogP contribution in [0.25, 0.3) is 0 Å². The van der Waals surface area contributed by atoms with Gasteiger partial charge in [0.05, 0.1) is 17.8 Å². The molecule has 2 unspecified atom stereocenters.